The summed E-state index contributed by atoms with van der Waals surface area (Å²) in [6.07, 6.45) is 2.05. The summed E-state index contributed by atoms with van der Waals surface area (Å²) in [5.41, 5.74) is 0.881. The third kappa shape index (κ3) is 3.71. The summed E-state index contributed by atoms with van der Waals surface area (Å²) in [6, 6.07) is 11.1. The van der Waals surface area contributed by atoms with Gasteiger partial charge in [-0.1, -0.05) is 19.1 Å². The summed E-state index contributed by atoms with van der Waals surface area (Å²) >= 11 is 0. The molecule has 3 rings (SSSR count). The molecular weight excluding hydrogens is 374 g/mol. The van der Waals surface area contributed by atoms with E-state index in [2.05, 4.69) is 0 Å². The first-order valence-corrected chi connectivity index (χ1v) is 8.91. The highest BCUT2D eigenvalue weighted by Crippen LogP contribution is 2.30. The van der Waals surface area contributed by atoms with E-state index >= 15 is 0 Å². The molecule has 0 saturated heterocycles. The van der Waals surface area contributed by atoms with Crippen LogP contribution in [0.1, 0.15) is 26.0 Å². The van der Waals surface area contributed by atoms with Crippen molar-refractivity contribution in [3.63, 3.8) is 0 Å². The molecule has 0 saturated carbocycles. The fourth-order valence-corrected chi connectivity index (χ4v) is 3.06. The minimum Gasteiger partial charge on any atom is -0.457 e. The molecule has 0 unspecified atom stereocenters. The average Bonchev–Trinajstić information content (AvgIpc) is 3.18. The Balaban J connectivity index is 2.02. The van der Waals surface area contributed by atoms with Crippen LogP contribution in [0, 0.1) is 21.4 Å². The number of hydrogen-bond donors (Lipinski definition) is 0. The second-order valence-corrected chi connectivity index (χ2v) is 6.44. The van der Waals surface area contributed by atoms with Crippen molar-refractivity contribution in [3.05, 3.63) is 69.0 Å². The quantitative estimate of drug-likeness (QED) is 0.331. The number of nitro groups is 1. The van der Waals surface area contributed by atoms with Gasteiger partial charge in [0.2, 0.25) is 0 Å². The van der Waals surface area contributed by atoms with E-state index < -0.39 is 16.7 Å². The molecule has 0 spiro atoms. The van der Waals surface area contributed by atoms with Gasteiger partial charge in [0.05, 0.1) is 4.92 Å². The van der Waals surface area contributed by atoms with Crippen molar-refractivity contribution in [2.24, 2.45) is 0 Å². The lowest BCUT2D eigenvalue weighted by Crippen LogP contribution is -2.43. The molecule has 0 atom stereocenters. The number of benzene rings is 1. The summed E-state index contributed by atoms with van der Waals surface area (Å²) in [4.78, 5) is 36.7. The van der Waals surface area contributed by atoms with Crippen molar-refractivity contribution >= 4 is 23.6 Å². The largest absolute Gasteiger partial charge is 0.457 e. The molecule has 2 amide bonds. The van der Waals surface area contributed by atoms with Crippen LogP contribution in [0.3, 0.4) is 0 Å². The highest BCUT2D eigenvalue weighted by atomic mass is 16.6. The van der Waals surface area contributed by atoms with E-state index in [0.29, 0.717) is 29.1 Å². The number of carbonyl (C=O) groups excluding carboxylic acids is 2. The molecule has 1 aromatic carbocycles. The van der Waals surface area contributed by atoms with Gasteiger partial charge in [0.15, 0.2) is 0 Å². The Morgan fingerprint density at radius 2 is 2.00 bits per heavy atom. The molecule has 0 fully saturated rings. The van der Waals surface area contributed by atoms with E-state index in [9.17, 15) is 25.0 Å². The van der Waals surface area contributed by atoms with E-state index in [4.69, 9.17) is 4.42 Å². The van der Waals surface area contributed by atoms with Gasteiger partial charge in [-0.3, -0.25) is 24.6 Å². The van der Waals surface area contributed by atoms with Crippen molar-refractivity contribution in [1.29, 1.82) is 5.26 Å². The van der Waals surface area contributed by atoms with Gasteiger partial charge in [0, 0.05) is 29.8 Å². The fraction of sp³-hybridized carbons (Fsp3) is 0.190. The molecule has 2 aromatic rings. The van der Waals surface area contributed by atoms with Crippen LogP contribution < -0.4 is 0 Å². The Morgan fingerprint density at radius 3 is 2.66 bits per heavy atom. The zero-order chi connectivity index (χ0) is 21.1. The van der Waals surface area contributed by atoms with Crippen molar-refractivity contribution in [3.8, 4) is 17.4 Å². The lowest BCUT2D eigenvalue weighted by molar-refractivity contribution is -0.384. The Hall–Kier alpha value is -3.99. The van der Waals surface area contributed by atoms with Crippen molar-refractivity contribution in [1.82, 2.24) is 4.90 Å². The van der Waals surface area contributed by atoms with Gasteiger partial charge in [-0.2, -0.15) is 5.26 Å². The van der Waals surface area contributed by atoms with Gasteiger partial charge in [0.1, 0.15) is 23.2 Å². The van der Waals surface area contributed by atoms with Crippen LogP contribution in [0.2, 0.25) is 0 Å². The number of amides is 2. The minimum atomic E-state index is -0.592. The lowest BCUT2D eigenvalue weighted by Gasteiger charge is -2.26. The smallest absolute Gasteiger partial charge is 0.271 e. The summed E-state index contributed by atoms with van der Waals surface area (Å²) in [5, 5.41) is 20.3. The Bertz CT molecular complexity index is 1120. The van der Waals surface area contributed by atoms with E-state index in [1.165, 1.54) is 18.2 Å². The minimum absolute atomic E-state index is 0.0626. The predicted octanol–water partition coefficient (Wildman–Crippen LogP) is 3.86. The molecule has 1 aliphatic heterocycles. The third-order valence-electron chi connectivity index (χ3n) is 4.53. The maximum absolute atomic E-state index is 12.8. The molecule has 0 N–H and O–H groups in total. The maximum atomic E-state index is 12.8. The summed E-state index contributed by atoms with van der Waals surface area (Å²) in [7, 11) is 0. The Morgan fingerprint density at radius 1 is 1.24 bits per heavy atom. The topological polar surface area (TPSA) is 117 Å². The number of non-ortho nitro benzene ring substituents is 1. The standard InChI is InChI=1S/C21H17N3O5/c1-3-9-23-20(25)17(13(2)18(12-22)21(23)26)11-16-7-8-19(29-16)14-5-4-6-15(10-14)24(27)28/h4-8,10-11H,3,9H2,1-2H3/b17-11+. The normalized spacial score (nSPS) is 15.8. The van der Waals surface area contributed by atoms with Gasteiger partial charge in [-0.25, -0.2) is 0 Å². The number of nitro benzene ring substituents is 1. The number of carbonyl (C=O) groups is 2. The van der Waals surface area contributed by atoms with Gasteiger partial charge in [-0.05, 0) is 37.1 Å². The number of imide groups is 1. The fourth-order valence-electron chi connectivity index (χ4n) is 3.06. The van der Waals surface area contributed by atoms with Gasteiger partial charge in [0.25, 0.3) is 17.5 Å². The van der Waals surface area contributed by atoms with Crippen molar-refractivity contribution in [2.45, 2.75) is 20.3 Å². The first-order valence-electron chi connectivity index (χ1n) is 8.91. The maximum Gasteiger partial charge on any atom is 0.271 e. The predicted molar refractivity (Wildman–Crippen MR) is 104 cm³/mol. The molecule has 1 aliphatic rings. The zero-order valence-corrected chi connectivity index (χ0v) is 15.8. The molecule has 1 aromatic heterocycles. The molecule has 29 heavy (non-hydrogen) atoms. The van der Waals surface area contributed by atoms with Crippen LogP contribution in [0.25, 0.3) is 17.4 Å². The van der Waals surface area contributed by atoms with Gasteiger partial charge >= 0.3 is 0 Å². The highest BCUT2D eigenvalue weighted by molar-refractivity contribution is 6.19. The van der Waals surface area contributed by atoms with Gasteiger partial charge in [-0.15, -0.1) is 0 Å². The zero-order valence-electron chi connectivity index (χ0n) is 15.8. The van der Waals surface area contributed by atoms with Crippen LogP contribution in [-0.2, 0) is 9.59 Å². The Kier molecular flexibility index (Phi) is 5.41. The van der Waals surface area contributed by atoms with Crippen LogP contribution in [0.4, 0.5) is 5.69 Å². The molecule has 8 nitrogen and oxygen atoms in total. The average molecular weight is 391 g/mol. The van der Waals surface area contributed by atoms with Crippen LogP contribution >= 0.6 is 0 Å². The van der Waals surface area contributed by atoms with E-state index in [-0.39, 0.29) is 23.4 Å². The monoisotopic (exact) mass is 391 g/mol. The van der Waals surface area contributed by atoms with Crippen LogP contribution in [0.15, 0.2) is 57.5 Å². The van der Waals surface area contributed by atoms with Crippen LogP contribution in [-0.4, -0.2) is 28.2 Å². The number of furan rings is 1. The van der Waals surface area contributed by atoms with Gasteiger partial charge < -0.3 is 4.42 Å². The summed E-state index contributed by atoms with van der Waals surface area (Å²) in [6.45, 7) is 3.59. The molecule has 146 valence electrons. The van der Waals surface area contributed by atoms with Crippen molar-refractivity contribution < 1.29 is 18.9 Å². The molecule has 0 radical (unpaired) electrons. The van der Waals surface area contributed by atoms with Crippen molar-refractivity contribution in [2.75, 3.05) is 6.54 Å². The van der Waals surface area contributed by atoms with E-state index in [1.807, 2.05) is 13.0 Å². The lowest BCUT2D eigenvalue weighted by atomic mass is 9.94. The SMILES string of the molecule is CCCN1C(=O)C(C#N)=C(C)/C(=C\c2ccc(-c3cccc([N+](=O)[O-])c3)o2)C1=O. The van der Waals surface area contributed by atoms with E-state index in [1.54, 1.807) is 31.2 Å². The second-order valence-electron chi connectivity index (χ2n) is 6.44. The number of hydrogen-bond acceptors (Lipinski definition) is 6. The summed E-state index contributed by atoms with van der Waals surface area (Å²) in [5.74, 6) is -0.350. The molecule has 0 bridgehead atoms. The molecule has 2 heterocycles. The third-order valence-corrected chi connectivity index (χ3v) is 4.53. The highest BCUT2D eigenvalue weighted by Gasteiger charge is 2.35. The van der Waals surface area contributed by atoms with E-state index in [0.717, 1.165) is 4.90 Å². The summed E-state index contributed by atoms with van der Waals surface area (Å²) < 4.78 is 5.73. The number of nitrogens with zero attached hydrogens (tertiary/aromatic N) is 3. The number of nitriles is 1. The number of rotatable bonds is 5. The second kappa shape index (κ2) is 7.94. The Labute approximate surface area is 166 Å². The molecule has 0 aliphatic carbocycles. The molecule has 8 heteroatoms. The first kappa shape index (κ1) is 19.8. The first-order chi connectivity index (χ1) is 13.9. The molecular formula is C21H17N3O5. The van der Waals surface area contributed by atoms with Crippen LogP contribution in [0.5, 0.6) is 0 Å².